The van der Waals surface area contributed by atoms with E-state index in [1.807, 2.05) is 60.7 Å². The normalized spacial score (nSPS) is 16.1. The van der Waals surface area contributed by atoms with Crippen molar-refractivity contribution in [3.05, 3.63) is 83.4 Å². The van der Waals surface area contributed by atoms with Gasteiger partial charge < -0.3 is 10.2 Å². The number of likely N-dealkylation sites (tertiary alicyclic amines) is 1. The number of amides is 3. The fraction of sp³-hybridized carbons (Fsp3) is 0.269. The summed E-state index contributed by atoms with van der Waals surface area (Å²) in [6.07, 6.45) is 2.32. The molecule has 3 aromatic rings. The summed E-state index contributed by atoms with van der Waals surface area (Å²) in [5.74, 6) is -2.05. The monoisotopic (exact) mass is 490 g/mol. The molecule has 1 unspecified atom stereocenters. The zero-order valence-electron chi connectivity index (χ0n) is 19.3. The maximum Gasteiger partial charge on any atom is 0.298 e. The molecule has 2 atom stereocenters. The lowest BCUT2D eigenvalue weighted by molar-refractivity contribution is -0.140. The molecule has 0 bridgehead atoms. The number of benzene rings is 2. The van der Waals surface area contributed by atoms with Gasteiger partial charge in [0.15, 0.2) is 5.13 Å². The minimum atomic E-state index is -1.07. The fourth-order valence-electron chi connectivity index (χ4n) is 4.09. The van der Waals surface area contributed by atoms with Gasteiger partial charge in [-0.25, -0.2) is 4.98 Å². The Labute approximate surface area is 207 Å². The number of carbonyl (C=O) groups is 4. The summed E-state index contributed by atoms with van der Waals surface area (Å²) in [5.41, 5.74) is 1.72. The maximum atomic E-state index is 13.3. The second kappa shape index (κ2) is 11.1. The van der Waals surface area contributed by atoms with Crippen LogP contribution in [0.3, 0.4) is 0 Å². The van der Waals surface area contributed by atoms with Gasteiger partial charge in [0.05, 0.1) is 0 Å². The predicted octanol–water partition coefficient (Wildman–Crippen LogP) is 2.59. The van der Waals surface area contributed by atoms with Crippen LogP contribution in [0, 0.1) is 0 Å². The first kappa shape index (κ1) is 24.3. The van der Waals surface area contributed by atoms with Gasteiger partial charge in [0.2, 0.25) is 17.6 Å². The van der Waals surface area contributed by atoms with Crippen molar-refractivity contribution >= 4 is 40.0 Å². The minimum absolute atomic E-state index is 0.112. The van der Waals surface area contributed by atoms with Crippen LogP contribution < -0.4 is 10.2 Å². The van der Waals surface area contributed by atoms with Gasteiger partial charge in [0.1, 0.15) is 12.1 Å². The van der Waals surface area contributed by atoms with E-state index in [4.69, 9.17) is 0 Å². The van der Waals surface area contributed by atoms with Crippen molar-refractivity contribution in [2.45, 2.75) is 37.9 Å². The third-order valence-electron chi connectivity index (χ3n) is 5.96. The lowest BCUT2D eigenvalue weighted by Gasteiger charge is -2.27. The fourth-order valence-corrected chi connectivity index (χ4v) is 4.70. The molecule has 0 saturated carbocycles. The number of anilines is 1. The van der Waals surface area contributed by atoms with Crippen molar-refractivity contribution in [3.8, 4) is 0 Å². The molecule has 1 aliphatic heterocycles. The van der Waals surface area contributed by atoms with E-state index < -0.39 is 29.7 Å². The number of Topliss-reactive ketones (excluding diaryl/α,β-unsaturated/α-hetero) is 1. The Hall–Kier alpha value is -3.85. The Bertz CT molecular complexity index is 1180. The summed E-state index contributed by atoms with van der Waals surface area (Å²) < 4.78 is 0. The summed E-state index contributed by atoms with van der Waals surface area (Å²) >= 11 is 1.24. The topological polar surface area (TPSA) is 99.7 Å². The van der Waals surface area contributed by atoms with Crippen LogP contribution in [0.1, 0.15) is 24.0 Å². The number of aromatic nitrogens is 1. The standard InChI is InChI=1S/C26H26N4O4S/c1-29(26-27-14-15-35-26)25(34)23(32)20(16-18-8-4-2-5-9-18)28-24(33)21-12-13-22(31)30(21)17-19-10-6-3-7-11-19/h2-11,14-15,20-21H,12-13,16-17H2,1H3,(H,28,33)/t20?,21-/m0/s1. The van der Waals surface area contributed by atoms with Gasteiger partial charge in [0.25, 0.3) is 5.91 Å². The summed E-state index contributed by atoms with van der Waals surface area (Å²) in [6, 6.07) is 16.8. The Morgan fingerprint density at radius 3 is 2.37 bits per heavy atom. The molecule has 0 spiro atoms. The molecule has 1 aliphatic rings. The van der Waals surface area contributed by atoms with Gasteiger partial charge in [-0.15, -0.1) is 11.3 Å². The van der Waals surface area contributed by atoms with Crippen molar-refractivity contribution in [2.75, 3.05) is 11.9 Å². The van der Waals surface area contributed by atoms with Crippen LogP contribution in [-0.4, -0.2) is 52.5 Å². The molecular weight excluding hydrogens is 464 g/mol. The SMILES string of the molecule is CN(C(=O)C(=O)C(Cc1ccccc1)NC(=O)[C@@H]1CCC(=O)N1Cc1ccccc1)c1nccs1. The molecular formula is C26H26N4O4S. The molecule has 1 saturated heterocycles. The first-order valence-electron chi connectivity index (χ1n) is 11.3. The van der Waals surface area contributed by atoms with Crippen molar-refractivity contribution in [2.24, 2.45) is 0 Å². The van der Waals surface area contributed by atoms with Crippen LogP contribution in [0.2, 0.25) is 0 Å². The van der Waals surface area contributed by atoms with Crippen LogP contribution in [0.5, 0.6) is 0 Å². The number of likely N-dealkylation sites (N-methyl/N-ethyl adjacent to an activating group) is 1. The molecule has 2 heterocycles. The lowest BCUT2D eigenvalue weighted by atomic mass is 10.0. The van der Waals surface area contributed by atoms with Crippen LogP contribution in [0.25, 0.3) is 0 Å². The molecule has 1 fully saturated rings. The molecule has 1 N–H and O–H groups in total. The highest BCUT2D eigenvalue weighted by Crippen LogP contribution is 2.22. The molecule has 9 heteroatoms. The molecule has 8 nitrogen and oxygen atoms in total. The molecule has 2 aromatic carbocycles. The van der Waals surface area contributed by atoms with E-state index in [9.17, 15) is 19.2 Å². The van der Waals surface area contributed by atoms with E-state index in [-0.39, 0.29) is 18.7 Å². The first-order valence-corrected chi connectivity index (χ1v) is 12.2. The smallest absolute Gasteiger partial charge is 0.298 e. The van der Waals surface area contributed by atoms with E-state index in [0.717, 1.165) is 11.1 Å². The number of ketones is 1. The van der Waals surface area contributed by atoms with Crippen LogP contribution in [0.4, 0.5) is 5.13 Å². The van der Waals surface area contributed by atoms with E-state index in [1.54, 1.807) is 11.6 Å². The number of rotatable bonds is 9. The number of hydrogen-bond donors (Lipinski definition) is 1. The average Bonchev–Trinajstić information content (AvgIpc) is 3.54. The third-order valence-corrected chi connectivity index (χ3v) is 6.81. The van der Waals surface area contributed by atoms with Gasteiger partial charge in [-0.2, -0.15) is 0 Å². The van der Waals surface area contributed by atoms with E-state index in [0.29, 0.717) is 18.1 Å². The second-order valence-corrected chi connectivity index (χ2v) is 9.23. The Kier molecular flexibility index (Phi) is 7.67. The van der Waals surface area contributed by atoms with E-state index >= 15 is 0 Å². The zero-order chi connectivity index (χ0) is 24.8. The minimum Gasteiger partial charge on any atom is -0.344 e. The summed E-state index contributed by atoms with van der Waals surface area (Å²) in [4.78, 5) is 58.9. The molecule has 0 radical (unpaired) electrons. The predicted molar refractivity (Wildman–Crippen MR) is 133 cm³/mol. The quantitative estimate of drug-likeness (QED) is 0.465. The zero-order valence-corrected chi connectivity index (χ0v) is 20.1. The lowest BCUT2D eigenvalue weighted by Crippen LogP contribution is -2.53. The highest BCUT2D eigenvalue weighted by atomic mass is 32.1. The van der Waals surface area contributed by atoms with Gasteiger partial charge >= 0.3 is 0 Å². The summed E-state index contributed by atoms with van der Waals surface area (Å²) in [6.45, 7) is 0.306. The van der Waals surface area contributed by atoms with Gasteiger partial charge in [-0.1, -0.05) is 60.7 Å². The molecule has 3 amide bonds. The number of nitrogens with one attached hydrogen (secondary N) is 1. The largest absolute Gasteiger partial charge is 0.344 e. The van der Waals surface area contributed by atoms with Crippen molar-refractivity contribution in [1.29, 1.82) is 0 Å². The number of hydrogen-bond acceptors (Lipinski definition) is 6. The average molecular weight is 491 g/mol. The van der Waals surface area contributed by atoms with E-state index in [2.05, 4.69) is 10.3 Å². The molecule has 4 rings (SSSR count). The van der Waals surface area contributed by atoms with Crippen molar-refractivity contribution in [1.82, 2.24) is 15.2 Å². The maximum absolute atomic E-state index is 13.3. The van der Waals surface area contributed by atoms with E-state index in [1.165, 1.54) is 28.2 Å². The highest BCUT2D eigenvalue weighted by Gasteiger charge is 2.38. The Balaban J connectivity index is 1.52. The number of carbonyl (C=O) groups excluding carboxylic acids is 4. The summed E-state index contributed by atoms with van der Waals surface area (Å²) in [7, 11) is 1.48. The van der Waals surface area contributed by atoms with Gasteiger partial charge in [-0.05, 0) is 17.5 Å². The van der Waals surface area contributed by atoms with Gasteiger partial charge in [0, 0.05) is 38.0 Å². The molecule has 180 valence electrons. The van der Waals surface area contributed by atoms with Crippen molar-refractivity contribution in [3.63, 3.8) is 0 Å². The first-order chi connectivity index (χ1) is 16.9. The Morgan fingerprint density at radius 2 is 1.74 bits per heavy atom. The van der Waals surface area contributed by atoms with Crippen molar-refractivity contribution < 1.29 is 19.2 Å². The molecule has 0 aliphatic carbocycles. The Morgan fingerprint density at radius 1 is 1.09 bits per heavy atom. The molecule has 1 aromatic heterocycles. The van der Waals surface area contributed by atoms with Crippen LogP contribution >= 0.6 is 11.3 Å². The summed E-state index contributed by atoms with van der Waals surface area (Å²) in [5, 5.41) is 4.88. The molecule has 35 heavy (non-hydrogen) atoms. The number of nitrogens with zero attached hydrogens (tertiary/aromatic N) is 3. The second-order valence-electron chi connectivity index (χ2n) is 8.36. The van der Waals surface area contributed by atoms with Crippen LogP contribution in [-0.2, 0) is 32.1 Å². The third kappa shape index (κ3) is 5.81. The highest BCUT2D eigenvalue weighted by molar-refractivity contribution is 7.13. The number of thiazole rings is 1. The van der Waals surface area contributed by atoms with Crippen LogP contribution in [0.15, 0.2) is 72.2 Å². The van der Waals surface area contributed by atoms with Gasteiger partial charge in [-0.3, -0.25) is 24.1 Å².